The molecule has 0 saturated heterocycles. The lowest BCUT2D eigenvalue weighted by molar-refractivity contribution is 0.0392. The Morgan fingerprint density at radius 3 is 2.67 bits per heavy atom. The monoisotopic (exact) mass is 326 g/mol. The molecule has 1 aliphatic carbocycles. The average Bonchev–Trinajstić information content (AvgIpc) is 2.77. The van der Waals surface area contributed by atoms with Crippen molar-refractivity contribution in [1.82, 2.24) is 4.98 Å². The second-order valence-electron chi connectivity index (χ2n) is 6.71. The molecule has 0 spiro atoms. The van der Waals surface area contributed by atoms with Gasteiger partial charge in [0.2, 0.25) is 5.88 Å². The maximum absolute atomic E-state index is 11.2. The number of carbonyl (C=O) groups is 1. The Morgan fingerprint density at radius 1 is 1.29 bits per heavy atom. The van der Waals surface area contributed by atoms with Gasteiger partial charge in [0.25, 0.3) is 0 Å². The summed E-state index contributed by atoms with van der Waals surface area (Å²) in [6, 6.07) is 10.0. The minimum absolute atomic E-state index is 0.174. The Hall–Kier alpha value is -2.56. The van der Waals surface area contributed by atoms with Gasteiger partial charge in [0.05, 0.1) is 6.61 Å². The normalized spacial score (nSPS) is 18.0. The van der Waals surface area contributed by atoms with Crippen molar-refractivity contribution in [3.05, 3.63) is 47.7 Å². The minimum atomic E-state index is -0.735. The third kappa shape index (κ3) is 3.07. The van der Waals surface area contributed by atoms with Gasteiger partial charge in [-0.1, -0.05) is 32.0 Å². The molecular weight excluding hydrogens is 304 g/mol. The zero-order valence-electron chi connectivity index (χ0n) is 14.2. The number of aromatic nitrogens is 1. The number of carbonyl (C=O) groups excluding carboxylic acids is 1. The Labute approximate surface area is 141 Å². The van der Waals surface area contributed by atoms with Crippen LogP contribution in [0.1, 0.15) is 38.0 Å². The van der Waals surface area contributed by atoms with E-state index in [2.05, 4.69) is 24.9 Å². The summed E-state index contributed by atoms with van der Waals surface area (Å²) < 4.78 is 10.7. The van der Waals surface area contributed by atoms with Crippen LogP contribution in [0.15, 0.2) is 36.5 Å². The highest BCUT2D eigenvalue weighted by Gasteiger charge is 2.41. The van der Waals surface area contributed by atoms with Crippen LogP contribution in [0, 0.1) is 5.41 Å². The summed E-state index contributed by atoms with van der Waals surface area (Å²) in [6.07, 6.45) is 1.60. The summed E-state index contributed by atoms with van der Waals surface area (Å²) in [5, 5.41) is 0. The summed E-state index contributed by atoms with van der Waals surface area (Å²) in [7, 11) is 0. The van der Waals surface area contributed by atoms with Crippen LogP contribution in [0.4, 0.5) is 4.79 Å². The van der Waals surface area contributed by atoms with E-state index in [4.69, 9.17) is 15.2 Å². The van der Waals surface area contributed by atoms with Gasteiger partial charge in [0, 0.05) is 23.2 Å². The molecule has 3 rings (SSSR count). The van der Waals surface area contributed by atoms with E-state index in [1.165, 1.54) is 5.56 Å². The fraction of sp³-hybridized carbons (Fsp3) is 0.368. The number of rotatable bonds is 4. The first-order chi connectivity index (χ1) is 11.4. The molecule has 1 atom stereocenters. The van der Waals surface area contributed by atoms with Crippen molar-refractivity contribution in [3.8, 4) is 17.0 Å². The number of nitrogens with two attached hydrogens (primary N) is 1. The Kier molecular flexibility index (Phi) is 4.18. The molecule has 0 aliphatic heterocycles. The van der Waals surface area contributed by atoms with Crippen LogP contribution in [0.25, 0.3) is 11.1 Å². The van der Waals surface area contributed by atoms with Crippen LogP contribution < -0.4 is 10.5 Å². The molecule has 0 fully saturated rings. The molecular formula is C19H22N2O3. The number of amides is 1. The fourth-order valence-corrected chi connectivity index (χ4v) is 3.32. The van der Waals surface area contributed by atoms with Gasteiger partial charge in [-0.2, -0.15) is 0 Å². The number of primary amides is 1. The first-order valence-corrected chi connectivity index (χ1v) is 8.09. The molecule has 1 heterocycles. The first-order valence-electron chi connectivity index (χ1n) is 8.09. The molecule has 2 aromatic rings. The van der Waals surface area contributed by atoms with Crippen molar-refractivity contribution in [2.75, 3.05) is 6.61 Å². The predicted molar refractivity (Wildman–Crippen MR) is 91.7 cm³/mol. The molecule has 1 aliphatic rings. The quantitative estimate of drug-likeness (QED) is 0.925. The van der Waals surface area contributed by atoms with E-state index in [9.17, 15) is 4.79 Å². The van der Waals surface area contributed by atoms with Crippen molar-refractivity contribution >= 4 is 6.09 Å². The van der Waals surface area contributed by atoms with E-state index in [1.807, 2.05) is 37.4 Å². The Bertz CT molecular complexity index is 754. The van der Waals surface area contributed by atoms with E-state index in [1.54, 1.807) is 0 Å². The summed E-state index contributed by atoms with van der Waals surface area (Å²) in [6.45, 7) is 6.70. The Balaban J connectivity index is 1.91. The minimum Gasteiger partial charge on any atom is -0.478 e. The second kappa shape index (κ2) is 6.15. The molecule has 0 radical (unpaired) electrons. The molecule has 1 aromatic carbocycles. The highest BCUT2D eigenvalue weighted by molar-refractivity contribution is 5.67. The van der Waals surface area contributed by atoms with Gasteiger partial charge in [-0.05, 0) is 36.1 Å². The number of benzene rings is 1. The van der Waals surface area contributed by atoms with Gasteiger partial charge in [-0.25, -0.2) is 9.78 Å². The maximum atomic E-state index is 11.2. The third-order valence-electron chi connectivity index (χ3n) is 4.38. The lowest BCUT2D eigenvalue weighted by atomic mass is 9.87. The number of nitrogens with zero attached hydrogens (tertiary/aromatic N) is 1. The van der Waals surface area contributed by atoms with Crippen LogP contribution in [0.2, 0.25) is 0 Å². The zero-order chi connectivity index (χ0) is 17.3. The van der Waals surface area contributed by atoms with E-state index < -0.39 is 6.09 Å². The molecule has 5 heteroatoms. The van der Waals surface area contributed by atoms with Crippen molar-refractivity contribution < 1.29 is 14.3 Å². The van der Waals surface area contributed by atoms with Gasteiger partial charge >= 0.3 is 6.09 Å². The van der Waals surface area contributed by atoms with Crippen molar-refractivity contribution in [3.63, 3.8) is 0 Å². The molecule has 1 amide bonds. The van der Waals surface area contributed by atoms with Crippen LogP contribution >= 0.6 is 0 Å². The number of fused-ring (bicyclic) bond motifs is 1. The first kappa shape index (κ1) is 16.3. The number of hydrogen-bond donors (Lipinski definition) is 1. The van der Waals surface area contributed by atoms with Crippen molar-refractivity contribution in [1.29, 1.82) is 0 Å². The fourth-order valence-electron chi connectivity index (χ4n) is 3.32. The van der Waals surface area contributed by atoms with E-state index in [0.29, 0.717) is 12.5 Å². The standard InChI is InChI=1S/C19H22N2O3/c1-4-23-16-8-6-13(11-21-16)12-5-7-15-14(9-12)10-19(2,3)17(15)24-18(20)22/h5-9,11,17H,4,10H2,1-3H3,(H2,20,22). The summed E-state index contributed by atoms with van der Waals surface area (Å²) in [5.41, 5.74) is 9.37. The van der Waals surface area contributed by atoms with Gasteiger partial charge in [-0.15, -0.1) is 0 Å². The Morgan fingerprint density at radius 2 is 2.04 bits per heavy atom. The average molecular weight is 326 g/mol. The van der Waals surface area contributed by atoms with Gasteiger partial charge in [-0.3, -0.25) is 0 Å². The second-order valence-corrected chi connectivity index (χ2v) is 6.71. The highest BCUT2D eigenvalue weighted by Crippen LogP contribution is 2.48. The lowest BCUT2D eigenvalue weighted by Gasteiger charge is -2.26. The van der Waals surface area contributed by atoms with Gasteiger partial charge in [0.15, 0.2) is 0 Å². The number of ether oxygens (including phenoxy) is 2. The van der Waals surface area contributed by atoms with Crippen molar-refractivity contribution in [2.45, 2.75) is 33.3 Å². The highest BCUT2D eigenvalue weighted by atomic mass is 16.6. The zero-order valence-corrected chi connectivity index (χ0v) is 14.2. The van der Waals surface area contributed by atoms with Gasteiger partial charge in [0.1, 0.15) is 6.10 Å². The topological polar surface area (TPSA) is 74.4 Å². The summed E-state index contributed by atoms with van der Waals surface area (Å²) in [4.78, 5) is 15.5. The third-order valence-corrected chi connectivity index (χ3v) is 4.38. The van der Waals surface area contributed by atoms with Crippen LogP contribution in [0.3, 0.4) is 0 Å². The van der Waals surface area contributed by atoms with E-state index >= 15 is 0 Å². The number of hydrogen-bond acceptors (Lipinski definition) is 4. The molecule has 1 unspecified atom stereocenters. The maximum Gasteiger partial charge on any atom is 0.405 e. The summed E-state index contributed by atoms with van der Waals surface area (Å²) in [5.74, 6) is 0.624. The molecule has 126 valence electrons. The van der Waals surface area contributed by atoms with Crippen LogP contribution in [-0.4, -0.2) is 17.7 Å². The van der Waals surface area contributed by atoms with Crippen molar-refractivity contribution in [2.24, 2.45) is 11.1 Å². The predicted octanol–water partition coefficient (Wildman–Crippen LogP) is 3.87. The molecule has 0 bridgehead atoms. The molecule has 5 nitrogen and oxygen atoms in total. The van der Waals surface area contributed by atoms with E-state index in [-0.39, 0.29) is 11.5 Å². The van der Waals surface area contributed by atoms with E-state index in [0.717, 1.165) is 23.1 Å². The summed E-state index contributed by atoms with van der Waals surface area (Å²) >= 11 is 0. The van der Waals surface area contributed by atoms with Gasteiger partial charge < -0.3 is 15.2 Å². The smallest absolute Gasteiger partial charge is 0.405 e. The SMILES string of the molecule is CCOc1ccc(-c2ccc3c(c2)CC(C)(C)C3OC(N)=O)cn1. The molecule has 2 N–H and O–H groups in total. The molecule has 24 heavy (non-hydrogen) atoms. The largest absolute Gasteiger partial charge is 0.478 e. The lowest BCUT2D eigenvalue weighted by Crippen LogP contribution is -2.25. The van der Waals surface area contributed by atoms with Crippen LogP contribution in [0.5, 0.6) is 5.88 Å². The van der Waals surface area contributed by atoms with Crippen LogP contribution in [-0.2, 0) is 11.2 Å². The molecule has 1 aromatic heterocycles. The number of pyridine rings is 1. The molecule has 0 saturated carbocycles.